The van der Waals surface area contributed by atoms with E-state index < -0.39 is 0 Å². The van der Waals surface area contributed by atoms with Gasteiger partial charge in [-0.3, -0.25) is 4.79 Å². The maximum absolute atomic E-state index is 12.0. The lowest BCUT2D eigenvalue weighted by Gasteiger charge is -2.40. The number of amides is 1. The smallest absolute Gasteiger partial charge is 0.261 e. The van der Waals surface area contributed by atoms with E-state index in [0.717, 1.165) is 27.5 Å². The fourth-order valence-electron chi connectivity index (χ4n) is 1.66. The Hall–Kier alpha value is 0.420. The molecule has 1 aromatic rings. The lowest BCUT2D eigenvalue weighted by Crippen LogP contribution is -2.54. The second kappa shape index (κ2) is 4.96. The number of carbonyl (C=O) groups excluding carboxylic acids is 1. The van der Waals surface area contributed by atoms with Crippen molar-refractivity contribution in [2.45, 2.75) is 24.8 Å². The average molecular weight is 388 g/mol. The van der Waals surface area contributed by atoms with Crippen LogP contribution in [0.1, 0.15) is 28.9 Å². The second-order valence-corrected chi connectivity index (χ2v) is 7.45. The zero-order chi connectivity index (χ0) is 11.8. The van der Waals surface area contributed by atoms with Gasteiger partial charge in [-0.1, -0.05) is 0 Å². The van der Waals surface area contributed by atoms with Gasteiger partial charge >= 0.3 is 0 Å². The quantitative estimate of drug-likeness (QED) is 0.775. The molecule has 0 spiro atoms. The number of nitrogens with one attached hydrogen (secondary N) is 1. The van der Waals surface area contributed by atoms with Gasteiger partial charge in [-0.2, -0.15) is 0 Å². The largest absolute Gasteiger partial charge is 0.345 e. The molecule has 1 N–H and O–H groups in total. The predicted octanol–water partition coefficient (Wildman–Crippen LogP) is 4.16. The summed E-state index contributed by atoms with van der Waals surface area (Å²) < 4.78 is 1.85. The van der Waals surface area contributed by atoms with Gasteiger partial charge in [-0.05, 0) is 57.2 Å². The average Bonchev–Trinajstić information content (AvgIpc) is 2.53. The monoisotopic (exact) mass is 385 g/mol. The molecule has 0 aliphatic heterocycles. The first-order valence-corrected chi connectivity index (χ1v) is 7.83. The molecule has 16 heavy (non-hydrogen) atoms. The summed E-state index contributed by atoms with van der Waals surface area (Å²) in [4.78, 5) is 12.7. The molecule has 1 saturated carbocycles. The molecule has 1 heterocycles. The molecule has 88 valence electrons. The predicted molar refractivity (Wildman–Crippen MR) is 74.5 cm³/mol. The van der Waals surface area contributed by atoms with E-state index in [9.17, 15) is 4.79 Å². The van der Waals surface area contributed by atoms with Gasteiger partial charge in [0.25, 0.3) is 5.91 Å². The molecule has 0 aromatic carbocycles. The van der Waals surface area contributed by atoms with Crippen LogP contribution in [0.4, 0.5) is 0 Å². The van der Waals surface area contributed by atoms with Gasteiger partial charge in [0.05, 0.1) is 14.2 Å². The molecule has 0 radical (unpaired) electrons. The van der Waals surface area contributed by atoms with Gasteiger partial charge in [0, 0.05) is 10.4 Å². The molecule has 2 nitrogen and oxygen atoms in total. The van der Waals surface area contributed by atoms with Gasteiger partial charge in [-0.25, -0.2) is 0 Å². The zero-order valence-electron chi connectivity index (χ0n) is 8.36. The third kappa shape index (κ3) is 2.47. The first-order chi connectivity index (χ1) is 7.56. The van der Waals surface area contributed by atoms with Crippen molar-refractivity contribution in [2.75, 3.05) is 5.88 Å². The standard InChI is InChI=1S/C10H10Br2ClNOS/c11-6-4-7(16-8(6)12)9(15)14-10(5-13)2-1-3-10/h4H,1-3,5H2,(H,14,15). The fourth-order valence-corrected chi connectivity index (χ4v) is 3.92. The van der Waals surface area contributed by atoms with Crippen LogP contribution < -0.4 is 5.32 Å². The molecular formula is C10H10Br2ClNOS. The van der Waals surface area contributed by atoms with Crippen LogP contribution in [0.25, 0.3) is 0 Å². The molecule has 6 heteroatoms. The molecule has 1 fully saturated rings. The van der Waals surface area contributed by atoms with E-state index in [2.05, 4.69) is 37.2 Å². The van der Waals surface area contributed by atoms with Crippen molar-refractivity contribution >= 4 is 60.7 Å². The number of hydrogen-bond acceptors (Lipinski definition) is 2. The highest BCUT2D eigenvalue weighted by Crippen LogP contribution is 2.35. The molecule has 1 amide bonds. The summed E-state index contributed by atoms with van der Waals surface area (Å²) >= 11 is 14.1. The Labute approximate surface area is 120 Å². The molecule has 0 unspecified atom stereocenters. The summed E-state index contributed by atoms with van der Waals surface area (Å²) in [6.45, 7) is 0. The number of hydrogen-bond donors (Lipinski definition) is 1. The SMILES string of the molecule is O=C(NC1(CCl)CCC1)c1cc(Br)c(Br)s1. The minimum Gasteiger partial charge on any atom is -0.345 e. The van der Waals surface area contributed by atoms with Crippen molar-refractivity contribution in [3.8, 4) is 0 Å². The highest BCUT2D eigenvalue weighted by molar-refractivity contribution is 9.13. The minimum atomic E-state index is -0.165. The third-order valence-corrected chi connectivity index (χ3v) is 6.58. The van der Waals surface area contributed by atoms with E-state index in [4.69, 9.17) is 11.6 Å². The Morgan fingerprint density at radius 1 is 1.56 bits per heavy atom. The molecule has 0 saturated heterocycles. The van der Waals surface area contributed by atoms with Crippen molar-refractivity contribution in [1.29, 1.82) is 0 Å². The van der Waals surface area contributed by atoms with E-state index in [0.29, 0.717) is 10.8 Å². The van der Waals surface area contributed by atoms with Crippen molar-refractivity contribution in [2.24, 2.45) is 0 Å². The second-order valence-electron chi connectivity index (χ2n) is 3.95. The number of alkyl halides is 1. The Kier molecular flexibility index (Phi) is 3.99. The van der Waals surface area contributed by atoms with Gasteiger partial charge in [0.2, 0.25) is 0 Å². The Morgan fingerprint density at radius 3 is 2.62 bits per heavy atom. The molecule has 1 aliphatic rings. The summed E-state index contributed by atoms with van der Waals surface area (Å²) in [6.07, 6.45) is 3.11. The van der Waals surface area contributed by atoms with Gasteiger partial charge in [0.15, 0.2) is 0 Å². The van der Waals surface area contributed by atoms with Crippen molar-refractivity contribution in [1.82, 2.24) is 5.32 Å². The zero-order valence-corrected chi connectivity index (χ0v) is 13.1. The molecule has 1 aliphatic carbocycles. The van der Waals surface area contributed by atoms with Crippen LogP contribution >= 0.6 is 54.8 Å². The van der Waals surface area contributed by atoms with Gasteiger partial charge in [-0.15, -0.1) is 22.9 Å². The summed E-state index contributed by atoms with van der Waals surface area (Å²) in [5, 5.41) is 3.03. The molecule has 0 atom stereocenters. The lowest BCUT2D eigenvalue weighted by molar-refractivity contribution is 0.0858. The number of rotatable bonds is 3. The van der Waals surface area contributed by atoms with Crippen LogP contribution in [-0.4, -0.2) is 17.3 Å². The summed E-state index contributed by atoms with van der Waals surface area (Å²) in [7, 11) is 0. The highest BCUT2D eigenvalue weighted by Gasteiger charge is 2.37. The topological polar surface area (TPSA) is 29.1 Å². The first-order valence-electron chi connectivity index (χ1n) is 4.90. The summed E-state index contributed by atoms with van der Waals surface area (Å²) in [5.41, 5.74) is -0.165. The number of halogens is 3. The minimum absolute atomic E-state index is 0.0308. The summed E-state index contributed by atoms with van der Waals surface area (Å²) in [5.74, 6) is 0.462. The van der Waals surface area contributed by atoms with Gasteiger partial charge in [0.1, 0.15) is 0 Å². The number of thiophene rings is 1. The molecule has 1 aromatic heterocycles. The molecular weight excluding hydrogens is 377 g/mol. The van der Waals surface area contributed by atoms with Crippen LogP contribution in [0.2, 0.25) is 0 Å². The van der Waals surface area contributed by atoms with Crippen molar-refractivity contribution < 1.29 is 4.79 Å². The van der Waals surface area contributed by atoms with Crippen LogP contribution in [0.3, 0.4) is 0 Å². The Morgan fingerprint density at radius 2 is 2.25 bits per heavy atom. The maximum atomic E-state index is 12.0. The van der Waals surface area contributed by atoms with E-state index >= 15 is 0 Å². The lowest BCUT2D eigenvalue weighted by atomic mass is 9.78. The van der Waals surface area contributed by atoms with Crippen molar-refractivity contribution in [3.63, 3.8) is 0 Å². The maximum Gasteiger partial charge on any atom is 0.261 e. The van der Waals surface area contributed by atoms with E-state index in [1.165, 1.54) is 11.3 Å². The van der Waals surface area contributed by atoms with Crippen LogP contribution in [0, 0.1) is 0 Å². The first kappa shape index (κ1) is 12.9. The highest BCUT2D eigenvalue weighted by atomic mass is 79.9. The summed E-state index contributed by atoms with van der Waals surface area (Å²) in [6, 6.07) is 1.82. The fraction of sp³-hybridized carbons (Fsp3) is 0.500. The van der Waals surface area contributed by atoms with Crippen LogP contribution in [0.5, 0.6) is 0 Å². The normalized spacial score (nSPS) is 17.9. The molecule has 0 bridgehead atoms. The Balaban J connectivity index is 2.08. The van der Waals surface area contributed by atoms with Crippen LogP contribution in [0.15, 0.2) is 14.3 Å². The van der Waals surface area contributed by atoms with E-state index in [1.807, 2.05) is 6.07 Å². The Bertz CT molecular complexity index is 392. The van der Waals surface area contributed by atoms with Gasteiger partial charge < -0.3 is 5.32 Å². The van der Waals surface area contributed by atoms with E-state index in [-0.39, 0.29) is 11.4 Å². The van der Waals surface area contributed by atoms with Crippen molar-refractivity contribution in [3.05, 3.63) is 19.2 Å². The van der Waals surface area contributed by atoms with E-state index in [1.54, 1.807) is 0 Å². The third-order valence-electron chi connectivity index (χ3n) is 2.81. The number of carbonyl (C=O) groups is 1. The molecule has 2 rings (SSSR count). The van der Waals surface area contributed by atoms with Crippen LogP contribution in [-0.2, 0) is 0 Å².